The lowest BCUT2D eigenvalue weighted by Crippen LogP contribution is -2.39. The Morgan fingerprint density at radius 2 is 2.00 bits per heavy atom. The van der Waals surface area contributed by atoms with Gasteiger partial charge in [0.1, 0.15) is 5.82 Å². The fraction of sp³-hybridized carbons (Fsp3) is 0.227. The lowest BCUT2D eigenvalue weighted by atomic mass is 10.1. The molecule has 1 aliphatic rings. The molecule has 1 unspecified atom stereocenters. The average molecular weight is 423 g/mol. The number of benzene rings is 2. The summed E-state index contributed by atoms with van der Waals surface area (Å²) in [6, 6.07) is 10.6. The van der Waals surface area contributed by atoms with Crippen LogP contribution >= 0.6 is 0 Å². The Hall–Kier alpha value is -3.88. The van der Waals surface area contributed by atoms with Crippen LogP contribution in [0, 0.1) is 12.7 Å². The van der Waals surface area contributed by atoms with Gasteiger partial charge in [-0.3, -0.25) is 14.7 Å². The fourth-order valence-electron chi connectivity index (χ4n) is 3.53. The summed E-state index contributed by atoms with van der Waals surface area (Å²) in [6.45, 7) is 3.69. The number of halogens is 1. The number of aliphatic imine (C=N–C) groups is 1. The van der Waals surface area contributed by atoms with Gasteiger partial charge in [-0.25, -0.2) is 14.4 Å². The topological polar surface area (TPSA) is 101 Å². The number of phenols is 1. The molecule has 1 aromatic heterocycles. The van der Waals surface area contributed by atoms with E-state index in [9.17, 15) is 14.3 Å². The lowest BCUT2D eigenvalue weighted by molar-refractivity contribution is 0.372. The van der Waals surface area contributed by atoms with Gasteiger partial charge in [0.2, 0.25) is 11.9 Å². The maximum absolute atomic E-state index is 13.3. The second kappa shape index (κ2) is 8.10. The number of methoxy groups -OCH3 is 1. The van der Waals surface area contributed by atoms with Gasteiger partial charge in [0.15, 0.2) is 17.7 Å². The van der Waals surface area contributed by atoms with Gasteiger partial charge < -0.3 is 15.2 Å². The van der Waals surface area contributed by atoms with E-state index in [4.69, 9.17) is 4.74 Å². The second-order valence-electron chi connectivity index (χ2n) is 7.07. The third kappa shape index (κ3) is 3.81. The van der Waals surface area contributed by atoms with E-state index in [1.54, 1.807) is 31.2 Å². The maximum atomic E-state index is 13.3. The highest BCUT2D eigenvalue weighted by Crippen LogP contribution is 2.33. The number of nitrogens with one attached hydrogen (secondary N) is 2. The quantitative estimate of drug-likeness (QED) is 0.595. The highest BCUT2D eigenvalue weighted by molar-refractivity contribution is 6.03. The molecular formula is C22H22FN5O3. The van der Waals surface area contributed by atoms with E-state index in [0.29, 0.717) is 40.8 Å². The molecule has 0 saturated carbocycles. The minimum atomic E-state index is -0.750. The molecule has 0 radical (unpaired) electrons. The molecule has 0 bridgehead atoms. The molecule has 8 nitrogen and oxygen atoms in total. The van der Waals surface area contributed by atoms with Crippen LogP contribution in [-0.4, -0.2) is 27.7 Å². The Morgan fingerprint density at radius 3 is 2.68 bits per heavy atom. The number of aryl methyl sites for hydroxylation is 1. The number of nitrogens with zero attached hydrogens (tertiary/aromatic N) is 3. The van der Waals surface area contributed by atoms with Gasteiger partial charge in [-0.2, -0.15) is 0 Å². The first-order chi connectivity index (χ1) is 14.9. The summed E-state index contributed by atoms with van der Waals surface area (Å²) >= 11 is 0. The summed E-state index contributed by atoms with van der Waals surface area (Å²) < 4.78 is 20.0. The molecule has 0 saturated heterocycles. The van der Waals surface area contributed by atoms with Gasteiger partial charge in [0, 0.05) is 22.5 Å². The Kier molecular flexibility index (Phi) is 5.33. The Labute approximate surface area is 178 Å². The van der Waals surface area contributed by atoms with E-state index in [0.717, 1.165) is 0 Å². The van der Waals surface area contributed by atoms with Gasteiger partial charge in [0.25, 0.3) is 5.56 Å². The Morgan fingerprint density at radius 1 is 1.26 bits per heavy atom. The minimum absolute atomic E-state index is 0.0160. The number of hydrogen-bond donors (Lipinski definition) is 3. The first-order valence-electron chi connectivity index (χ1n) is 9.77. The van der Waals surface area contributed by atoms with Crippen molar-refractivity contribution in [2.75, 3.05) is 17.7 Å². The summed E-state index contributed by atoms with van der Waals surface area (Å²) in [5.41, 5.74) is 2.29. The van der Waals surface area contributed by atoms with Crippen LogP contribution in [-0.2, 0) is 6.42 Å². The van der Waals surface area contributed by atoms with Crippen LogP contribution in [0.1, 0.15) is 29.9 Å². The molecule has 3 aromatic rings. The van der Waals surface area contributed by atoms with Crippen molar-refractivity contribution in [2.45, 2.75) is 26.4 Å². The highest BCUT2D eigenvalue weighted by Gasteiger charge is 2.27. The molecule has 0 amide bonds. The summed E-state index contributed by atoms with van der Waals surface area (Å²) in [5, 5.41) is 16.1. The van der Waals surface area contributed by atoms with Crippen molar-refractivity contribution >= 4 is 17.6 Å². The number of phenolic OH excluding ortho intramolecular Hbond substituents is 1. The summed E-state index contributed by atoms with van der Waals surface area (Å²) in [4.78, 5) is 22.5. The number of aromatic nitrogens is 2. The van der Waals surface area contributed by atoms with Crippen molar-refractivity contribution in [3.05, 3.63) is 75.5 Å². The standard InChI is InChI=1S/C22H22FN5O3/c1-4-16-12(2)24-22-27-21(25-15-8-6-14(23)7-9-15)26-19(28(22)20(16)30)13-5-10-17(29)18(11-13)31-3/h5-11,19,29H,4H2,1-3H3,(H2,24,25,26,27). The third-order valence-electron chi connectivity index (χ3n) is 5.10. The van der Waals surface area contributed by atoms with Gasteiger partial charge in [-0.05, 0) is 49.7 Å². The maximum Gasteiger partial charge on any atom is 0.260 e. The summed E-state index contributed by atoms with van der Waals surface area (Å²) in [7, 11) is 1.45. The normalized spacial score (nSPS) is 15.0. The van der Waals surface area contributed by atoms with Crippen LogP contribution < -0.4 is 20.9 Å². The van der Waals surface area contributed by atoms with Crippen LogP contribution in [0.3, 0.4) is 0 Å². The van der Waals surface area contributed by atoms with Crippen LogP contribution in [0.15, 0.2) is 52.3 Å². The van der Waals surface area contributed by atoms with Crippen molar-refractivity contribution in [1.29, 1.82) is 0 Å². The zero-order valence-corrected chi connectivity index (χ0v) is 17.3. The van der Waals surface area contributed by atoms with E-state index >= 15 is 0 Å². The molecule has 0 spiro atoms. The number of anilines is 2. The van der Waals surface area contributed by atoms with E-state index in [1.165, 1.54) is 29.9 Å². The number of rotatable bonds is 4. The second-order valence-corrected chi connectivity index (χ2v) is 7.07. The van der Waals surface area contributed by atoms with Gasteiger partial charge in [-0.15, -0.1) is 0 Å². The largest absolute Gasteiger partial charge is 0.504 e. The monoisotopic (exact) mass is 423 g/mol. The zero-order chi connectivity index (χ0) is 22.1. The molecule has 2 aromatic carbocycles. The molecule has 0 fully saturated rings. The van der Waals surface area contributed by atoms with Crippen LogP contribution in [0.2, 0.25) is 0 Å². The molecule has 9 heteroatoms. The van der Waals surface area contributed by atoms with Crippen molar-refractivity contribution in [1.82, 2.24) is 9.55 Å². The molecule has 1 atom stereocenters. The van der Waals surface area contributed by atoms with Crippen LogP contribution in [0.25, 0.3) is 0 Å². The molecule has 4 rings (SSSR count). The highest BCUT2D eigenvalue weighted by atomic mass is 19.1. The summed E-state index contributed by atoms with van der Waals surface area (Å²) in [6.07, 6.45) is -0.215. The van der Waals surface area contributed by atoms with E-state index in [1.807, 2.05) is 6.92 Å². The van der Waals surface area contributed by atoms with Crippen molar-refractivity contribution in [2.24, 2.45) is 4.99 Å². The van der Waals surface area contributed by atoms with Crippen LogP contribution in [0.4, 0.5) is 16.0 Å². The summed E-state index contributed by atoms with van der Waals surface area (Å²) in [5.74, 6) is 0.581. The molecule has 160 valence electrons. The van der Waals surface area contributed by atoms with Crippen LogP contribution in [0.5, 0.6) is 11.5 Å². The molecular weight excluding hydrogens is 401 g/mol. The number of ether oxygens (including phenoxy) is 1. The van der Waals surface area contributed by atoms with E-state index in [2.05, 4.69) is 20.6 Å². The molecule has 2 heterocycles. The van der Waals surface area contributed by atoms with E-state index < -0.39 is 6.17 Å². The number of guanidine groups is 1. The molecule has 0 aliphatic carbocycles. The van der Waals surface area contributed by atoms with Gasteiger partial charge in [-0.1, -0.05) is 13.0 Å². The molecule has 1 aliphatic heterocycles. The lowest BCUT2D eigenvalue weighted by Gasteiger charge is -2.28. The Bertz CT molecular complexity index is 1220. The SMILES string of the molecule is CCc1c(C)nc2n(c1=O)C(c1ccc(O)c(OC)c1)N=C(Nc1ccc(F)cc1)N2. The fourth-order valence-corrected chi connectivity index (χ4v) is 3.53. The number of fused-ring (bicyclic) bond motifs is 1. The zero-order valence-electron chi connectivity index (χ0n) is 17.3. The smallest absolute Gasteiger partial charge is 0.260 e. The molecule has 31 heavy (non-hydrogen) atoms. The van der Waals surface area contributed by atoms with Crippen molar-refractivity contribution in [3.8, 4) is 11.5 Å². The van der Waals surface area contributed by atoms with Gasteiger partial charge >= 0.3 is 0 Å². The molecule has 3 N–H and O–H groups in total. The number of hydrogen-bond acceptors (Lipinski definition) is 7. The third-order valence-corrected chi connectivity index (χ3v) is 5.10. The average Bonchev–Trinajstić information content (AvgIpc) is 2.75. The van der Waals surface area contributed by atoms with E-state index in [-0.39, 0.29) is 22.9 Å². The number of aromatic hydroxyl groups is 1. The minimum Gasteiger partial charge on any atom is -0.504 e. The predicted molar refractivity (Wildman–Crippen MR) is 116 cm³/mol. The first kappa shape index (κ1) is 20.4. The van der Waals surface area contributed by atoms with Crippen molar-refractivity contribution in [3.63, 3.8) is 0 Å². The predicted octanol–water partition coefficient (Wildman–Crippen LogP) is 3.41. The van der Waals surface area contributed by atoms with Gasteiger partial charge in [0.05, 0.1) is 7.11 Å². The first-order valence-corrected chi connectivity index (χ1v) is 9.77. The Balaban J connectivity index is 1.85. The van der Waals surface area contributed by atoms with Crippen molar-refractivity contribution < 1.29 is 14.2 Å².